The van der Waals surface area contributed by atoms with E-state index in [0.29, 0.717) is 19.1 Å². The molecule has 1 N–H and O–H groups in total. The van der Waals surface area contributed by atoms with E-state index in [1.807, 2.05) is 0 Å². The first-order valence-corrected chi connectivity index (χ1v) is 9.03. The molecule has 0 radical (unpaired) electrons. The molecule has 2 aliphatic heterocycles. The fraction of sp³-hybridized carbons (Fsp3) is 0.600. The third kappa shape index (κ3) is 3.49. The van der Waals surface area contributed by atoms with E-state index < -0.39 is 10.3 Å². The largest absolute Gasteiger partial charge is 0.338 e. The third-order valence-corrected chi connectivity index (χ3v) is 5.92. The van der Waals surface area contributed by atoms with Crippen LogP contribution in [0.2, 0.25) is 0 Å². The Morgan fingerprint density at radius 1 is 1.18 bits per heavy atom. The van der Waals surface area contributed by atoms with E-state index in [9.17, 15) is 8.42 Å². The summed E-state index contributed by atoms with van der Waals surface area (Å²) in [4.78, 5) is 2.33. The van der Waals surface area contributed by atoms with Gasteiger partial charge in [0.25, 0.3) is 0 Å². The minimum absolute atomic E-state index is 0.431. The van der Waals surface area contributed by atoms with Crippen LogP contribution in [0.4, 0.5) is 0 Å². The van der Waals surface area contributed by atoms with Crippen molar-refractivity contribution >= 4 is 10.3 Å². The molecule has 3 rings (SSSR count). The molecule has 0 unspecified atom stereocenters. The van der Waals surface area contributed by atoms with Crippen molar-refractivity contribution in [3.05, 3.63) is 35.4 Å². The highest BCUT2D eigenvalue weighted by molar-refractivity contribution is 7.84. The zero-order valence-corrected chi connectivity index (χ0v) is 13.7. The second-order valence-electron chi connectivity index (χ2n) is 5.87. The molecule has 0 spiro atoms. The second kappa shape index (κ2) is 6.64. The first-order valence-electron chi connectivity index (χ1n) is 7.67. The van der Waals surface area contributed by atoms with Gasteiger partial charge in [-0.05, 0) is 17.5 Å². The molecule has 122 valence electrons. The molecule has 0 amide bonds. The highest BCUT2D eigenvalue weighted by Gasteiger charge is 2.28. The number of hydrogen-bond acceptors (Lipinski definition) is 5. The SMILES string of the molecule is COS(=O)(=O)N1CCN(C[C@@H]2Cc3ccccc3CN2)CC1. The van der Waals surface area contributed by atoms with E-state index >= 15 is 0 Å². The van der Waals surface area contributed by atoms with Gasteiger partial charge in [-0.25, -0.2) is 0 Å². The van der Waals surface area contributed by atoms with Crippen LogP contribution in [0.3, 0.4) is 0 Å². The van der Waals surface area contributed by atoms with Crippen molar-refractivity contribution in [2.24, 2.45) is 0 Å². The standard InChI is InChI=1S/C15H23N3O3S/c1-21-22(19,20)18-8-6-17(7-9-18)12-15-10-13-4-2-3-5-14(13)11-16-15/h2-5,15-16H,6-12H2,1H3/t15-/m0/s1. The van der Waals surface area contributed by atoms with Crippen molar-refractivity contribution in [2.75, 3.05) is 39.8 Å². The molecule has 1 aromatic carbocycles. The summed E-state index contributed by atoms with van der Waals surface area (Å²) in [7, 11) is -2.31. The number of fused-ring (bicyclic) bond motifs is 1. The lowest BCUT2D eigenvalue weighted by molar-refractivity contribution is 0.160. The molecule has 2 heterocycles. The van der Waals surface area contributed by atoms with Gasteiger partial charge in [0.15, 0.2) is 0 Å². The maximum Gasteiger partial charge on any atom is 0.338 e. The van der Waals surface area contributed by atoms with Crippen LogP contribution in [0.5, 0.6) is 0 Å². The van der Waals surface area contributed by atoms with E-state index in [1.165, 1.54) is 22.5 Å². The maximum absolute atomic E-state index is 11.7. The summed E-state index contributed by atoms with van der Waals surface area (Å²) >= 11 is 0. The molecule has 1 atom stereocenters. The van der Waals surface area contributed by atoms with Gasteiger partial charge < -0.3 is 5.32 Å². The van der Waals surface area contributed by atoms with Crippen LogP contribution in [0.1, 0.15) is 11.1 Å². The molecule has 1 aromatic rings. The summed E-state index contributed by atoms with van der Waals surface area (Å²) in [6.07, 6.45) is 1.03. The number of benzene rings is 1. The summed E-state index contributed by atoms with van der Waals surface area (Å²) in [6.45, 7) is 4.37. The number of piperazine rings is 1. The zero-order valence-electron chi connectivity index (χ0n) is 12.9. The lowest BCUT2D eigenvalue weighted by Gasteiger charge is -2.36. The molecule has 0 bridgehead atoms. The molecule has 1 saturated heterocycles. The highest BCUT2D eigenvalue weighted by atomic mass is 32.2. The van der Waals surface area contributed by atoms with Gasteiger partial charge in [-0.1, -0.05) is 24.3 Å². The number of rotatable bonds is 4. The van der Waals surface area contributed by atoms with Crippen LogP contribution in [-0.4, -0.2) is 63.5 Å². The van der Waals surface area contributed by atoms with Crippen molar-refractivity contribution in [3.63, 3.8) is 0 Å². The molecule has 2 aliphatic rings. The lowest BCUT2D eigenvalue weighted by atomic mass is 9.95. The molecule has 22 heavy (non-hydrogen) atoms. The van der Waals surface area contributed by atoms with Crippen molar-refractivity contribution in [1.82, 2.24) is 14.5 Å². The van der Waals surface area contributed by atoms with Gasteiger partial charge in [0.05, 0.1) is 7.11 Å². The molecule has 0 aromatic heterocycles. The van der Waals surface area contributed by atoms with E-state index in [2.05, 4.69) is 38.7 Å². The van der Waals surface area contributed by atoms with Crippen molar-refractivity contribution in [3.8, 4) is 0 Å². The van der Waals surface area contributed by atoms with Gasteiger partial charge in [0.2, 0.25) is 0 Å². The fourth-order valence-corrected chi connectivity index (χ4v) is 4.02. The first kappa shape index (κ1) is 15.9. The minimum Gasteiger partial charge on any atom is -0.308 e. The molecular weight excluding hydrogens is 302 g/mol. The summed E-state index contributed by atoms with van der Waals surface area (Å²) in [5.74, 6) is 0. The van der Waals surface area contributed by atoms with E-state index in [0.717, 1.165) is 32.6 Å². The number of nitrogens with one attached hydrogen (secondary N) is 1. The van der Waals surface area contributed by atoms with Crippen LogP contribution in [0, 0.1) is 0 Å². The quantitative estimate of drug-likeness (QED) is 0.857. The minimum atomic E-state index is -3.53. The maximum atomic E-state index is 11.7. The molecule has 6 nitrogen and oxygen atoms in total. The Labute approximate surface area is 132 Å². The Morgan fingerprint density at radius 3 is 2.55 bits per heavy atom. The van der Waals surface area contributed by atoms with Gasteiger partial charge >= 0.3 is 10.3 Å². The van der Waals surface area contributed by atoms with E-state index in [1.54, 1.807) is 0 Å². The van der Waals surface area contributed by atoms with Crippen LogP contribution < -0.4 is 5.32 Å². The van der Waals surface area contributed by atoms with Gasteiger partial charge in [-0.15, -0.1) is 0 Å². The van der Waals surface area contributed by atoms with E-state index in [4.69, 9.17) is 0 Å². The monoisotopic (exact) mass is 325 g/mol. The Bertz CT molecular complexity index is 612. The Morgan fingerprint density at radius 2 is 1.86 bits per heavy atom. The van der Waals surface area contributed by atoms with Crippen molar-refractivity contribution < 1.29 is 12.6 Å². The van der Waals surface area contributed by atoms with Crippen LogP contribution in [0.25, 0.3) is 0 Å². The summed E-state index contributed by atoms with van der Waals surface area (Å²) in [6, 6.07) is 8.98. The zero-order chi connectivity index (χ0) is 15.6. The summed E-state index contributed by atoms with van der Waals surface area (Å²) in [5, 5.41) is 3.58. The van der Waals surface area contributed by atoms with Gasteiger partial charge in [-0.3, -0.25) is 9.08 Å². The number of hydrogen-bond donors (Lipinski definition) is 1. The predicted octanol–water partition coefficient (Wildman–Crippen LogP) is 0.210. The average molecular weight is 325 g/mol. The molecular formula is C15H23N3O3S. The van der Waals surface area contributed by atoms with Crippen LogP contribution in [-0.2, 0) is 27.5 Å². The Hall–Kier alpha value is -0.990. The molecule has 0 aliphatic carbocycles. The Kier molecular flexibility index (Phi) is 4.79. The topological polar surface area (TPSA) is 61.9 Å². The number of nitrogens with zero attached hydrogens (tertiary/aromatic N) is 2. The highest BCUT2D eigenvalue weighted by Crippen LogP contribution is 2.17. The van der Waals surface area contributed by atoms with Gasteiger partial charge in [0, 0.05) is 45.3 Å². The predicted molar refractivity (Wildman–Crippen MR) is 84.7 cm³/mol. The van der Waals surface area contributed by atoms with Gasteiger partial charge in [0.1, 0.15) is 0 Å². The third-order valence-electron chi connectivity index (χ3n) is 4.50. The van der Waals surface area contributed by atoms with Crippen molar-refractivity contribution in [2.45, 2.75) is 19.0 Å². The van der Waals surface area contributed by atoms with Crippen LogP contribution in [0.15, 0.2) is 24.3 Å². The smallest absolute Gasteiger partial charge is 0.308 e. The average Bonchev–Trinajstić information content (AvgIpc) is 2.55. The van der Waals surface area contributed by atoms with E-state index in [-0.39, 0.29) is 0 Å². The first-order chi connectivity index (χ1) is 10.6. The lowest BCUT2D eigenvalue weighted by Crippen LogP contribution is -2.53. The molecule has 7 heteroatoms. The summed E-state index contributed by atoms with van der Waals surface area (Å²) in [5.41, 5.74) is 2.81. The normalized spacial score (nSPS) is 24.1. The molecule has 1 fully saturated rings. The fourth-order valence-electron chi connectivity index (χ4n) is 3.20. The second-order valence-corrected chi connectivity index (χ2v) is 7.58. The van der Waals surface area contributed by atoms with Gasteiger partial charge in [-0.2, -0.15) is 12.7 Å². The Balaban J connectivity index is 1.52. The molecule has 0 saturated carbocycles. The van der Waals surface area contributed by atoms with Crippen molar-refractivity contribution in [1.29, 1.82) is 0 Å². The summed E-state index contributed by atoms with van der Waals surface area (Å²) < 4.78 is 29.3. The van der Waals surface area contributed by atoms with Crippen LogP contribution >= 0.6 is 0 Å².